The number of nitro groups is 1. The molecule has 0 aliphatic carbocycles. The van der Waals surface area contributed by atoms with Crippen LogP contribution in [0.1, 0.15) is 21.5 Å². The Morgan fingerprint density at radius 1 is 1.12 bits per heavy atom. The molecule has 0 atom stereocenters. The van der Waals surface area contributed by atoms with Crippen molar-refractivity contribution in [2.45, 2.75) is 13.2 Å². The predicted molar refractivity (Wildman–Crippen MR) is 90.9 cm³/mol. The van der Waals surface area contributed by atoms with Gasteiger partial charge in [-0.15, -0.1) is 0 Å². The van der Waals surface area contributed by atoms with Gasteiger partial charge in [-0.05, 0) is 28.2 Å². The second kappa shape index (κ2) is 7.99. The summed E-state index contributed by atoms with van der Waals surface area (Å²) in [5.74, 6) is -0.805. The summed E-state index contributed by atoms with van der Waals surface area (Å²) >= 11 is 0. The minimum atomic E-state index is -0.653. The number of benzene rings is 2. The van der Waals surface area contributed by atoms with Gasteiger partial charge < -0.3 is 10.1 Å². The molecule has 9 nitrogen and oxygen atoms in total. The van der Waals surface area contributed by atoms with Gasteiger partial charge in [0.15, 0.2) is 0 Å². The van der Waals surface area contributed by atoms with E-state index in [4.69, 9.17) is 4.84 Å². The summed E-state index contributed by atoms with van der Waals surface area (Å²) < 4.78 is 1.36. The van der Waals surface area contributed by atoms with Crippen molar-refractivity contribution in [2.24, 2.45) is 0 Å². The van der Waals surface area contributed by atoms with Gasteiger partial charge in [-0.25, -0.2) is 5.48 Å². The van der Waals surface area contributed by atoms with E-state index in [2.05, 4.69) is 15.6 Å². The second-order valence-corrected chi connectivity index (χ2v) is 5.40. The van der Waals surface area contributed by atoms with Crippen LogP contribution in [0, 0.1) is 10.1 Å². The maximum absolute atomic E-state index is 12.0. The normalized spacial score (nSPS) is 10.5. The van der Waals surface area contributed by atoms with E-state index in [9.17, 15) is 14.9 Å². The number of hydrogen-bond acceptors (Lipinski definition) is 6. The molecule has 1 heterocycles. The number of carbonyl (C=O) groups is 1. The Hall–Kier alpha value is -3.59. The van der Waals surface area contributed by atoms with Gasteiger partial charge in [0.25, 0.3) is 5.91 Å². The molecule has 0 fully saturated rings. The van der Waals surface area contributed by atoms with Crippen molar-refractivity contribution < 1.29 is 14.6 Å². The van der Waals surface area contributed by atoms with Gasteiger partial charge in [-0.3, -0.25) is 9.63 Å². The van der Waals surface area contributed by atoms with Crippen LogP contribution in [0.2, 0.25) is 0 Å². The van der Waals surface area contributed by atoms with Crippen molar-refractivity contribution in [2.75, 3.05) is 0 Å². The first-order chi connectivity index (χ1) is 12.6. The summed E-state index contributed by atoms with van der Waals surface area (Å²) in [6.07, 6.45) is 1.29. The van der Waals surface area contributed by atoms with E-state index in [1.54, 1.807) is 24.3 Å². The standard InChI is InChI=1S/C17H15N5O4/c23-16(20-26-11-14-4-2-1-3-5-14)15-8-6-13(7-9-15)10-21-12-18-17(19-21)22(24)25/h1-9,12H,10-11H2,(H,20,23). The van der Waals surface area contributed by atoms with Crippen molar-refractivity contribution in [3.8, 4) is 0 Å². The zero-order valence-corrected chi connectivity index (χ0v) is 13.6. The number of amides is 1. The largest absolute Gasteiger partial charge is 0.490 e. The molecule has 0 radical (unpaired) electrons. The lowest BCUT2D eigenvalue weighted by atomic mass is 10.1. The molecular formula is C17H15N5O4. The van der Waals surface area contributed by atoms with E-state index in [-0.39, 0.29) is 12.5 Å². The van der Waals surface area contributed by atoms with Gasteiger partial charge in [0.2, 0.25) is 6.33 Å². The Labute approximate surface area is 148 Å². The first kappa shape index (κ1) is 17.2. The topological polar surface area (TPSA) is 112 Å². The summed E-state index contributed by atoms with van der Waals surface area (Å²) in [5, 5.41) is 14.3. The average molecular weight is 353 g/mol. The van der Waals surface area contributed by atoms with Crippen molar-refractivity contribution in [1.82, 2.24) is 20.2 Å². The van der Waals surface area contributed by atoms with Crippen molar-refractivity contribution in [3.63, 3.8) is 0 Å². The first-order valence-corrected chi connectivity index (χ1v) is 7.70. The van der Waals surface area contributed by atoms with Crippen LogP contribution in [-0.4, -0.2) is 25.6 Å². The zero-order valence-electron chi connectivity index (χ0n) is 13.6. The lowest BCUT2D eigenvalue weighted by Crippen LogP contribution is -2.23. The van der Waals surface area contributed by atoms with Crippen LogP contribution in [-0.2, 0) is 18.0 Å². The highest BCUT2D eigenvalue weighted by Gasteiger charge is 2.13. The van der Waals surface area contributed by atoms with E-state index in [1.807, 2.05) is 30.3 Å². The number of hydrogen-bond donors (Lipinski definition) is 1. The van der Waals surface area contributed by atoms with Gasteiger partial charge in [0.05, 0.1) is 13.2 Å². The summed E-state index contributed by atoms with van der Waals surface area (Å²) in [4.78, 5) is 30.8. The van der Waals surface area contributed by atoms with E-state index < -0.39 is 10.9 Å². The van der Waals surface area contributed by atoms with Gasteiger partial charge in [0.1, 0.15) is 0 Å². The molecule has 0 unspecified atom stereocenters. The van der Waals surface area contributed by atoms with Crippen molar-refractivity contribution in [3.05, 3.63) is 87.7 Å². The zero-order chi connectivity index (χ0) is 18.4. The third-order valence-corrected chi connectivity index (χ3v) is 3.49. The summed E-state index contributed by atoms with van der Waals surface area (Å²) in [6, 6.07) is 16.2. The molecule has 0 aliphatic rings. The molecule has 1 N–H and O–H groups in total. The van der Waals surface area contributed by atoms with E-state index in [0.717, 1.165) is 11.1 Å². The quantitative estimate of drug-likeness (QED) is 0.514. The summed E-state index contributed by atoms with van der Waals surface area (Å²) in [5.41, 5.74) is 4.60. The fraction of sp³-hybridized carbons (Fsp3) is 0.118. The molecule has 1 aromatic heterocycles. The monoisotopic (exact) mass is 353 g/mol. The molecule has 132 valence electrons. The molecule has 2 aromatic carbocycles. The van der Waals surface area contributed by atoms with E-state index in [0.29, 0.717) is 12.1 Å². The first-order valence-electron chi connectivity index (χ1n) is 7.70. The Morgan fingerprint density at radius 3 is 2.50 bits per heavy atom. The Bertz CT molecular complexity index is 893. The lowest BCUT2D eigenvalue weighted by Gasteiger charge is -2.06. The molecule has 1 amide bonds. The van der Waals surface area contributed by atoms with Crippen LogP contribution >= 0.6 is 0 Å². The molecule has 26 heavy (non-hydrogen) atoms. The third-order valence-electron chi connectivity index (χ3n) is 3.49. The molecule has 0 saturated carbocycles. The van der Waals surface area contributed by atoms with Gasteiger partial charge in [0, 0.05) is 10.7 Å². The molecule has 0 saturated heterocycles. The third kappa shape index (κ3) is 4.48. The summed E-state index contributed by atoms with van der Waals surface area (Å²) in [7, 11) is 0. The number of nitrogens with zero attached hydrogens (tertiary/aromatic N) is 4. The Morgan fingerprint density at radius 2 is 1.85 bits per heavy atom. The maximum Gasteiger partial charge on any atom is 0.490 e. The highest BCUT2D eigenvalue weighted by atomic mass is 16.7. The highest BCUT2D eigenvalue weighted by Crippen LogP contribution is 2.08. The van der Waals surface area contributed by atoms with Gasteiger partial charge >= 0.3 is 5.95 Å². The molecule has 3 aromatic rings. The maximum atomic E-state index is 12.0. The fourth-order valence-corrected chi connectivity index (χ4v) is 2.21. The number of hydroxylamine groups is 1. The van der Waals surface area contributed by atoms with E-state index >= 15 is 0 Å². The number of carbonyl (C=O) groups excluding carboxylic acids is 1. The average Bonchev–Trinajstić information content (AvgIpc) is 3.12. The van der Waals surface area contributed by atoms with E-state index in [1.165, 1.54) is 11.0 Å². The SMILES string of the molecule is O=C(NOCc1ccccc1)c1ccc(Cn2cnc([N+](=O)[O-])n2)cc1. The van der Waals surface area contributed by atoms with Crippen LogP contribution in [0.3, 0.4) is 0 Å². The molecule has 0 bridgehead atoms. The van der Waals surface area contributed by atoms with Crippen LogP contribution in [0.4, 0.5) is 5.95 Å². The highest BCUT2D eigenvalue weighted by molar-refractivity contribution is 5.93. The molecular weight excluding hydrogens is 338 g/mol. The lowest BCUT2D eigenvalue weighted by molar-refractivity contribution is -0.394. The van der Waals surface area contributed by atoms with Crippen LogP contribution < -0.4 is 5.48 Å². The number of nitrogens with one attached hydrogen (secondary N) is 1. The minimum absolute atomic E-state index is 0.274. The smallest absolute Gasteiger partial charge is 0.390 e. The molecule has 3 rings (SSSR count). The fourth-order valence-electron chi connectivity index (χ4n) is 2.21. The molecule has 0 aliphatic heterocycles. The van der Waals surface area contributed by atoms with Crippen molar-refractivity contribution >= 4 is 11.9 Å². The molecule has 9 heteroatoms. The van der Waals surface area contributed by atoms with Gasteiger partial charge in [-0.1, -0.05) is 47.4 Å². The van der Waals surface area contributed by atoms with Crippen LogP contribution in [0.25, 0.3) is 0 Å². The van der Waals surface area contributed by atoms with Gasteiger partial charge in [-0.2, -0.15) is 4.68 Å². The number of rotatable bonds is 7. The minimum Gasteiger partial charge on any atom is -0.390 e. The predicted octanol–water partition coefficient (Wildman–Crippen LogP) is 2.10. The van der Waals surface area contributed by atoms with Crippen molar-refractivity contribution in [1.29, 1.82) is 0 Å². The van der Waals surface area contributed by atoms with Crippen LogP contribution in [0.5, 0.6) is 0 Å². The second-order valence-electron chi connectivity index (χ2n) is 5.40. The molecule has 0 spiro atoms. The Balaban J connectivity index is 1.53. The number of aromatic nitrogens is 3. The van der Waals surface area contributed by atoms with Crippen LogP contribution in [0.15, 0.2) is 60.9 Å². The Kier molecular flexibility index (Phi) is 5.30. The summed E-state index contributed by atoms with van der Waals surface area (Å²) in [6.45, 7) is 0.586.